The van der Waals surface area contributed by atoms with Gasteiger partial charge in [0.05, 0.1) is 13.5 Å². The molecule has 7 heteroatoms. The molecule has 1 fully saturated rings. The Labute approximate surface area is 130 Å². The van der Waals surface area contributed by atoms with Gasteiger partial charge in [-0.15, -0.1) is 0 Å². The average Bonchev–Trinajstić information content (AvgIpc) is 2.55. The van der Waals surface area contributed by atoms with Crippen LogP contribution < -0.4 is 10.2 Å². The van der Waals surface area contributed by atoms with E-state index in [0.717, 1.165) is 25.9 Å². The van der Waals surface area contributed by atoms with Crippen LogP contribution in [-0.2, 0) is 14.3 Å². The van der Waals surface area contributed by atoms with E-state index in [0.29, 0.717) is 5.95 Å². The second-order valence-electron chi connectivity index (χ2n) is 5.50. The first-order valence-electron chi connectivity index (χ1n) is 7.49. The van der Waals surface area contributed by atoms with Crippen LogP contribution in [0.4, 0.5) is 5.95 Å². The Morgan fingerprint density at radius 2 is 2.00 bits per heavy atom. The monoisotopic (exact) mass is 306 g/mol. The van der Waals surface area contributed by atoms with Gasteiger partial charge >= 0.3 is 5.97 Å². The quantitative estimate of drug-likeness (QED) is 0.809. The molecule has 22 heavy (non-hydrogen) atoms. The van der Waals surface area contributed by atoms with Crippen LogP contribution >= 0.6 is 0 Å². The maximum atomic E-state index is 12.2. The van der Waals surface area contributed by atoms with E-state index in [1.807, 2.05) is 6.92 Å². The Hall–Kier alpha value is -2.18. The van der Waals surface area contributed by atoms with E-state index in [4.69, 9.17) is 0 Å². The Morgan fingerprint density at radius 1 is 1.36 bits per heavy atom. The number of nitrogens with zero attached hydrogens (tertiary/aromatic N) is 3. The molecule has 1 atom stereocenters. The standard InChI is InChI=1S/C15H22N4O3/c1-11(10-13(20)22-2)18-14(21)12-4-8-19(9-5-12)15-16-6-3-7-17-15/h3,6-7,11-12H,4-5,8-10H2,1-2H3,(H,18,21)/t11-/m1/s1. The number of hydrogen-bond donors (Lipinski definition) is 1. The molecule has 2 rings (SSSR count). The van der Waals surface area contributed by atoms with Gasteiger partial charge in [-0.25, -0.2) is 9.97 Å². The highest BCUT2D eigenvalue weighted by Gasteiger charge is 2.27. The summed E-state index contributed by atoms with van der Waals surface area (Å²) in [7, 11) is 1.35. The van der Waals surface area contributed by atoms with Gasteiger partial charge in [0.25, 0.3) is 0 Å². The van der Waals surface area contributed by atoms with Gasteiger partial charge in [-0.3, -0.25) is 9.59 Å². The molecule has 1 amide bonds. The van der Waals surface area contributed by atoms with Gasteiger partial charge < -0.3 is 15.0 Å². The van der Waals surface area contributed by atoms with Gasteiger partial charge in [0.2, 0.25) is 11.9 Å². The zero-order chi connectivity index (χ0) is 15.9. The second kappa shape index (κ2) is 7.72. The van der Waals surface area contributed by atoms with Crippen molar-refractivity contribution in [1.82, 2.24) is 15.3 Å². The van der Waals surface area contributed by atoms with E-state index in [1.165, 1.54) is 7.11 Å². The fourth-order valence-corrected chi connectivity index (χ4v) is 2.54. The minimum atomic E-state index is -0.316. The minimum Gasteiger partial charge on any atom is -0.469 e. The SMILES string of the molecule is COC(=O)C[C@@H](C)NC(=O)C1CCN(c2ncccn2)CC1. The van der Waals surface area contributed by atoms with Gasteiger partial charge in [-0.2, -0.15) is 0 Å². The molecule has 120 valence electrons. The highest BCUT2D eigenvalue weighted by atomic mass is 16.5. The van der Waals surface area contributed by atoms with Crippen molar-refractivity contribution in [1.29, 1.82) is 0 Å². The van der Waals surface area contributed by atoms with Crippen LogP contribution in [0.25, 0.3) is 0 Å². The summed E-state index contributed by atoms with van der Waals surface area (Å²) in [5, 5.41) is 2.88. The highest BCUT2D eigenvalue weighted by Crippen LogP contribution is 2.20. The lowest BCUT2D eigenvalue weighted by Crippen LogP contribution is -2.44. The molecule has 1 N–H and O–H groups in total. The lowest BCUT2D eigenvalue weighted by molar-refractivity contribution is -0.141. The zero-order valence-corrected chi connectivity index (χ0v) is 13.0. The van der Waals surface area contributed by atoms with Crippen LogP contribution in [0, 0.1) is 5.92 Å². The molecule has 1 aliphatic rings. The number of carbonyl (C=O) groups is 2. The van der Waals surface area contributed by atoms with Crippen LogP contribution in [0.15, 0.2) is 18.5 Å². The van der Waals surface area contributed by atoms with Gasteiger partial charge in [0, 0.05) is 37.4 Å². The van der Waals surface area contributed by atoms with Crippen LogP contribution in [0.1, 0.15) is 26.2 Å². The normalized spacial score (nSPS) is 16.9. The van der Waals surface area contributed by atoms with Crippen molar-refractivity contribution in [2.45, 2.75) is 32.2 Å². The summed E-state index contributed by atoms with van der Waals surface area (Å²) < 4.78 is 4.60. The van der Waals surface area contributed by atoms with E-state index >= 15 is 0 Å². The van der Waals surface area contributed by atoms with E-state index in [9.17, 15) is 9.59 Å². The van der Waals surface area contributed by atoms with Gasteiger partial charge in [0.15, 0.2) is 0 Å². The Morgan fingerprint density at radius 3 is 2.59 bits per heavy atom. The fraction of sp³-hybridized carbons (Fsp3) is 0.600. The van der Waals surface area contributed by atoms with Crippen molar-refractivity contribution in [3.05, 3.63) is 18.5 Å². The smallest absolute Gasteiger partial charge is 0.307 e. The predicted octanol–water partition coefficient (Wildman–Crippen LogP) is 0.761. The third kappa shape index (κ3) is 4.41. The number of anilines is 1. The molecule has 0 aromatic carbocycles. The molecule has 1 aromatic rings. The number of carbonyl (C=O) groups excluding carboxylic acids is 2. The maximum absolute atomic E-state index is 12.2. The lowest BCUT2D eigenvalue weighted by Gasteiger charge is -2.31. The number of piperidine rings is 1. The van der Waals surface area contributed by atoms with Crippen molar-refractivity contribution in [2.75, 3.05) is 25.1 Å². The molecule has 7 nitrogen and oxygen atoms in total. The Balaban J connectivity index is 1.79. The lowest BCUT2D eigenvalue weighted by atomic mass is 9.95. The largest absolute Gasteiger partial charge is 0.469 e. The summed E-state index contributed by atoms with van der Waals surface area (Å²) in [6.07, 6.45) is 5.15. The predicted molar refractivity (Wildman–Crippen MR) is 81.2 cm³/mol. The molecular formula is C15H22N4O3. The van der Waals surface area contributed by atoms with Crippen molar-refractivity contribution < 1.29 is 14.3 Å². The average molecular weight is 306 g/mol. The van der Waals surface area contributed by atoms with E-state index < -0.39 is 0 Å². The van der Waals surface area contributed by atoms with Crippen molar-refractivity contribution in [3.63, 3.8) is 0 Å². The minimum absolute atomic E-state index is 0.00466. The van der Waals surface area contributed by atoms with Gasteiger partial charge in [-0.1, -0.05) is 0 Å². The van der Waals surface area contributed by atoms with E-state index in [1.54, 1.807) is 18.5 Å². The first kappa shape index (κ1) is 16.2. The Bertz CT molecular complexity index is 501. The molecule has 1 saturated heterocycles. The van der Waals surface area contributed by atoms with Crippen LogP contribution in [-0.4, -0.2) is 48.1 Å². The summed E-state index contributed by atoms with van der Waals surface area (Å²) in [5.74, 6) is 0.370. The zero-order valence-electron chi connectivity index (χ0n) is 13.0. The van der Waals surface area contributed by atoms with Crippen molar-refractivity contribution in [2.24, 2.45) is 5.92 Å². The summed E-state index contributed by atoms with van der Waals surface area (Å²) in [4.78, 5) is 33.9. The van der Waals surface area contributed by atoms with Gasteiger partial charge in [-0.05, 0) is 25.8 Å². The third-order valence-corrected chi connectivity index (χ3v) is 3.79. The van der Waals surface area contributed by atoms with Crippen LogP contribution in [0.5, 0.6) is 0 Å². The molecule has 1 aliphatic heterocycles. The number of methoxy groups -OCH3 is 1. The van der Waals surface area contributed by atoms with E-state index in [2.05, 4.69) is 24.9 Å². The molecule has 0 unspecified atom stereocenters. The molecule has 0 radical (unpaired) electrons. The third-order valence-electron chi connectivity index (χ3n) is 3.79. The summed E-state index contributed by atoms with van der Waals surface area (Å²) in [6, 6.07) is 1.57. The summed E-state index contributed by atoms with van der Waals surface area (Å²) >= 11 is 0. The number of ether oxygens (including phenoxy) is 1. The van der Waals surface area contributed by atoms with Crippen LogP contribution in [0.2, 0.25) is 0 Å². The molecular weight excluding hydrogens is 284 g/mol. The van der Waals surface area contributed by atoms with E-state index in [-0.39, 0.29) is 30.3 Å². The molecule has 0 spiro atoms. The van der Waals surface area contributed by atoms with Crippen molar-refractivity contribution >= 4 is 17.8 Å². The first-order valence-corrected chi connectivity index (χ1v) is 7.49. The summed E-state index contributed by atoms with van der Waals surface area (Å²) in [6.45, 7) is 3.32. The molecule has 2 heterocycles. The highest BCUT2D eigenvalue weighted by molar-refractivity contribution is 5.80. The summed E-state index contributed by atoms with van der Waals surface area (Å²) in [5.41, 5.74) is 0. The molecule has 0 bridgehead atoms. The van der Waals surface area contributed by atoms with Gasteiger partial charge in [0.1, 0.15) is 0 Å². The fourth-order valence-electron chi connectivity index (χ4n) is 2.54. The second-order valence-corrected chi connectivity index (χ2v) is 5.50. The molecule has 0 saturated carbocycles. The number of rotatable bonds is 5. The number of esters is 1. The topological polar surface area (TPSA) is 84.4 Å². The molecule has 1 aromatic heterocycles. The molecule has 0 aliphatic carbocycles. The number of nitrogens with one attached hydrogen (secondary N) is 1. The number of amides is 1. The number of aromatic nitrogens is 2. The number of hydrogen-bond acceptors (Lipinski definition) is 6. The van der Waals surface area contributed by atoms with Crippen LogP contribution in [0.3, 0.4) is 0 Å². The Kier molecular flexibility index (Phi) is 5.68. The first-order chi connectivity index (χ1) is 10.6. The van der Waals surface area contributed by atoms with Crippen molar-refractivity contribution in [3.8, 4) is 0 Å². The maximum Gasteiger partial charge on any atom is 0.307 e.